The average molecular weight is 1000 g/mol. The van der Waals surface area contributed by atoms with E-state index in [1.165, 1.54) is 21.6 Å². The van der Waals surface area contributed by atoms with Gasteiger partial charge in [0.15, 0.2) is 0 Å². The van der Waals surface area contributed by atoms with Crippen molar-refractivity contribution in [1.82, 2.24) is 15.3 Å². The molecule has 18 nitrogen and oxygen atoms in total. The van der Waals surface area contributed by atoms with Crippen molar-refractivity contribution >= 4 is 76.6 Å². The predicted octanol–water partition coefficient (Wildman–Crippen LogP) is 5.27. The number of hydrogen-bond donors (Lipinski definition) is 2. The van der Waals surface area contributed by atoms with Gasteiger partial charge < -0.3 is 33.8 Å². The number of thioether (sulfide) groups is 1. The van der Waals surface area contributed by atoms with Gasteiger partial charge in [-0.25, -0.2) is 9.59 Å². The number of aryl methyl sites for hydroxylation is 1. The zero-order chi connectivity index (χ0) is 49.9. The average Bonchev–Trinajstić information content (AvgIpc) is 3.81. The number of nitrogens with one attached hydrogen (secondary N) is 1. The SMILES string of the molecule is C/C1=C\C=C\[C@@H](C)[C@@]2(O)C[C@H](OC(=O)N2)[C@@H](C)[C@@H]2O[C@@]2(C)[C@@H](OC(=O)CCOCCSC2CC(=O)N(C[C@H]3CC[C@H](C(=O)ON4C(=O)CCC4=O)CC3)C2=O)CC(=O)N(C)c2cc(cc(C)c2Cl)C1. The van der Waals surface area contributed by atoms with Gasteiger partial charge in [0.05, 0.1) is 54.0 Å². The second-order valence-corrected chi connectivity index (χ2v) is 21.2. The van der Waals surface area contributed by atoms with Crippen LogP contribution in [0.3, 0.4) is 0 Å². The molecule has 1 unspecified atom stereocenters. The summed E-state index contributed by atoms with van der Waals surface area (Å²) in [7, 11) is 1.62. The van der Waals surface area contributed by atoms with Crippen LogP contribution in [0, 0.1) is 30.6 Å². The van der Waals surface area contributed by atoms with Gasteiger partial charge in [0.1, 0.15) is 23.5 Å². The van der Waals surface area contributed by atoms with Gasteiger partial charge in [-0.15, -0.1) is 16.8 Å². The number of imide groups is 2. The number of amides is 6. The van der Waals surface area contributed by atoms with E-state index >= 15 is 0 Å². The van der Waals surface area contributed by atoms with E-state index in [0.717, 1.165) is 16.7 Å². The molecule has 20 heteroatoms. The molecule has 1 aliphatic carbocycles. The van der Waals surface area contributed by atoms with Crippen molar-refractivity contribution in [2.24, 2.45) is 23.7 Å². The number of ether oxygens (including phenoxy) is 4. The number of carbonyl (C=O) groups excluding carboxylic acids is 8. The third-order valence-corrected chi connectivity index (χ3v) is 16.0. The van der Waals surface area contributed by atoms with Crippen LogP contribution >= 0.6 is 23.4 Å². The Morgan fingerprint density at radius 3 is 2.39 bits per heavy atom. The second kappa shape index (κ2) is 21.7. The van der Waals surface area contributed by atoms with Crippen LogP contribution in [0.15, 0.2) is 35.9 Å². The smallest absolute Gasteiger partial charge is 0.409 e. The summed E-state index contributed by atoms with van der Waals surface area (Å²) < 4.78 is 23.8. The lowest BCUT2D eigenvalue weighted by atomic mass is 9.82. The summed E-state index contributed by atoms with van der Waals surface area (Å²) in [5.41, 5.74) is 0.415. The van der Waals surface area contributed by atoms with Crippen molar-refractivity contribution in [3.63, 3.8) is 0 Å². The van der Waals surface area contributed by atoms with Crippen LogP contribution < -0.4 is 10.2 Å². The highest BCUT2D eigenvalue weighted by Gasteiger charge is 2.64. The maximum Gasteiger partial charge on any atom is 0.409 e. The molecule has 1 saturated carbocycles. The van der Waals surface area contributed by atoms with Crippen molar-refractivity contribution in [1.29, 1.82) is 0 Å². The Balaban J connectivity index is 0.918. The fourth-order valence-corrected chi connectivity index (χ4v) is 11.2. The summed E-state index contributed by atoms with van der Waals surface area (Å²) in [6.07, 6.45) is 4.68. The molecule has 69 heavy (non-hydrogen) atoms. The van der Waals surface area contributed by atoms with Gasteiger partial charge >= 0.3 is 18.0 Å². The molecule has 7 rings (SSSR count). The van der Waals surface area contributed by atoms with Crippen molar-refractivity contribution in [2.45, 2.75) is 140 Å². The largest absolute Gasteiger partial charge is 0.459 e. The molecule has 376 valence electrons. The van der Waals surface area contributed by atoms with E-state index in [1.54, 1.807) is 14.0 Å². The molecule has 6 aliphatic rings. The number of alkyl carbamates (subject to hydrolysis) is 1. The van der Waals surface area contributed by atoms with Gasteiger partial charge in [0.2, 0.25) is 17.7 Å². The fourth-order valence-electron chi connectivity index (χ4n) is 9.91. The molecule has 4 bridgehead atoms. The molecule has 5 fully saturated rings. The molecule has 0 spiro atoms. The Kier molecular flexibility index (Phi) is 16.3. The number of fused-ring (bicyclic) bond motifs is 5. The number of hydroxylamine groups is 2. The predicted molar refractivity (Wildman–Crippen MR) is 251 cm³/mol. The van der Waals surface area contributed by atoms with Crippen LogP contribution in [0.4, 0.5) is 10.5 Å². The molecule has 4 saturated heterocycles. The number of benzene rings is 1. The molecular weight excluding hydrogens is 936 g/mol. The lowest BCUT2D eigenvalue weighted by Crippen LogP contribution is -2.60. The first-order valence-corrected chi connectivity index (χ1v) is 25.2. The molecule has 0 aromatic heterocycles. The number of hydrogen-bond acceptors (Lipinski definition) is 15. The standard InChI is InChI=1S/C49H63ClN4O14S/c1-27-8-7-9-29(3)49(63)25-35(65-47(62)51-49)30(4)44-48(5,67-44)37(24-40(57)52(6)34-22-32(20-27)21-28(2)43(34)50)66-42(59)16-17-64-18-19-69-36-23-41(58)53(45(36)60)26-31-10-12-33(13-11-31)46(61)68-54-38(55)14-15-39(54)56/h7-9,21-22,29-31,33,35-37,44,63H,10-20,23-26H2,1-6H3,(H,51,62)/b9-7+,27-8+/t29-,30-,31-,33-,35+,36?,37+,44+,48+,49+/m1/s1. The van der Waals surface area contributed by atoms with Gasteiger partial charge in [-0.05, 0) is 76.0 Å². The van der Waals surface area contributed by atoms with Crippen LogP contribution in [0.2, 0.25) is 5.02 Å². The molecule has 1 aromatic carbocycles. The van der Waals surface area contributed by atoms with Crippen LogP contribution in [0.25, 0.3) is 0 Å². The molecular formula is C49H63ClN4O14S. The lowest BCUT2D eigenvalue weighted by molar-refractivity contribution is -0.201. The molecule has 2 N–H and O–H groups in total. The van der Waals surface area contributed by atoms with Gasteiger partial charge in [-0.3, -0.25) is 39.0 Å². The van der Waals surface area contributed by atoms with E-state index < -0.39 is 82.5 Å². The number of halogens is 1. The fraction of sp³-hybridized carbons (Fsp3) is 0.633. The number of likely N-dealkylation sites (tertiary alicyclic amines) is 1. The van der Waals surface area contributed by atoms with E-state index in [0.29, 0.717) is 53.6 Å². The highest BCUT2D eigenvalue weighted by Crippen LogP contribution is 2.49. The quantitative estimate of drug-likeness (QED) is 0.118. The molecule has 8 atom stereocenters. The van der Waals surface area contributed by atoms with Crippen LogP contribution in [0.1, 0.15) is 103 Å². The maximum absolute atomic E-state index is 14.1. The summed E-state index contributed by atoms with van der Waals surface area (Å²) >= 11 is 8.09. The third kappa shape index (κ3) is 12.0. The summed E-state index contributed by atoms with van der Waals surface area (Å²) in [5.74, 6) is -4.33. The van der Waals surface area contributed by atoms with Crippen molar-refractivity contribution in [3.05, 3.63) is 52.1 Å². The molecule has 0 radical (unpaired) electrons. The first kappa shape index (κ1) is 52.0. The molecule has 6 amide bonds. The number of esters is 1. The van der Waals surface area contributed by atoms with Crippen LogP contribution in [-0.2, 0) is 63.8 Å². The van der Waals surface area contributed by atoms with Crippen LogP contribution in [0.5, 0.6) is 0 Å². The number of rotatable bonds is 12. The van der Waals surface area contributed by atoms with Crippen molar-refractivity contribution in [3.8, 4) is 0 Å². The highest BCUT2D eigenvalue weighted by molar-refractivity contribution is 8.00. The Morgan fingerprint density at radius 1 is 0.971 bits per heavy atom. The van der Waals surface area contributed by atoms with E-state index in [1.807, 2.05) is 58.1 Å². The minimum Gasteiger partial charge on any atom is -0.459 e. The lowest BCUT2D eigenvalue weighted by Gasteiger charge is -2.41. The number of anilines is 1. The summed E-state index contributed by atoms with van der Waals surface area (Å²) in [6.45, 7) is 9.63. The Morgan fingerprint density at radius 2 is 1.68 bits per heavy atom. The second-order valence-electron chi connectivity index (χ2n) is 19.5. The summed E-state index contributed by atoms with van der Waals surface area (Å²) in [4.78, 5) is 111. The van der Waals surface area contributed by atoms with Gasteiger partial charge in [-0.2, -0.15) is 0 Å². The maximum atomic E-state index is 14.1. The van der Waals surface area contributed by atoms with Crippen molar-refractivity contribution in [2.75, 3.05) is 37.5 Å². The Labute approximate surface area is 411 Å². The number of allylic oxidation sites excluding steroid dienone is 3. The number of nitrogens with zero attached hydrogens (tertiary/aromatic N) is 3. The van der Waals surface area contributed by atoms with Gasteiger partial charge in [0, 0.05) is 56.9 Å². The first-order chi connectivity index (χ1) is 32.7. The topological polar surface area (TPSA) is 228 Å². The van der Waals surface area contributed by atoms with E-state index in [-0.39, 0.29) is 81.9 Å². The van der Waals surface area contributed by atoms with E-state index in [2.05, 4.69) is 5.32 Å². The normalized spacial score (nSPS) is 33.3. The zero-order valence-corrected chi connectivity index (χ0v) is 41.6. The molecule has 5 heterocycles. The minimum atomic E-state index is -1.62. The summed E-state index contributed by atoms with van der Waals surface area (Å²) in [5, 5.41) is 14.7. The van der Waals surface area contributed by atoms with E-state index in [9.17, 15) is 43.5 Å². The summed E-state index contributed by atoms with van der Waals surface area (Å²) in [6, 6.07) is 3.82. The third-order valence-electron chi connectivity index (χ3n) is 14.4. The Bertz CT molecular complexity index is 2270. The van der Waals surface area contributed by atoms with Gasteiger partial charge in [0.25, 0.3) is 11.8 Å². The Hall–Kier alpha value is -4.82. The zero-order valence-electron chi connectivity index (χ0n) is 40.0. The minimum absolute atomic E-state index is 0.00325. The van der Waals surface area contributed by atoms with Crippen molar-refractivity contribution < 1.29 is 67.2 Å². The number of carbonyl (C=O) groups is 8. The van der Waals surface area contributed by atoms with E-state index in [4.69, 9.17) is 35.4 Å². The number of aliphatic hydroxyl groups is 1. The van der Waals surface area contributed by atoms with Crippen LogP contribution in [-0.4, -0.2) is 130 Å². The highest BCUT2D eigenvalue weighted by atomic mass is 35.5. The van der Waals surface area contributed by atoms with Gasteiger partial charge in [-0.1, -0.05) is 55.3 Å². The first-order valence-electron chi connectivity index (χ1n) is 23.8. The number of epoxide rings is 1. The molecule has 1 aromatic rings. The molecule has 5 aliphatic heterocycles. The monoisotopic (exact) mass is 998 g/mol.